The number of hydrogen-bond donors (Lipinski definition) is 2. The van der Waals surface area contributed by atoms with Crippen molar-refractivity contribution in [3.8, 4) is 11.1 Å². The summed E-state index contributed by atoms with van der Waals surface area (Å²) in [6, 6.07) is 36.9. The lowest BCUT2D eigenvalue weighted by molar-refractivity contribution is -0.138. The van der Waals surface area contributed by atoms with Crippen LogP contribution in [0, 0.1) is 17.5 Å². The molecule has 3 atom stereocenters. The molecule has 2 aliphatic rings. The number of aliphatic hydroxyl groups excluding tert-OH is 1. The van der Waals surface area contributed by atoms with E-state index in [1.54, 1.807) is 35.2 Å². The first-order valence-corrected chi connectivity index (χ1v) is 19.8. The van der Waals surface area contributed by atoms with Gasteiger partial charge < -0.3 is 20.2 Å². The monoisotopic (exact) mass is 789 g/mol. The van der Waals surface area contributed by atoms with Gasteiger partial charge in [-0.15, -0.1) is 0 Å². The van der Waals surface area contributed by atoms with Crippen LogP contribution in [-0.4, -0.2) is 54.0 Å². The molecule has 0 saturated carbocycles. The van der Waals surface area contributed by atoms with Gasteiger partial charge in [0.05, 0.1) is 6.04 Å². The Labute approximate surface area is 338 Å². The fourth-order valence-electron chi connectivity index (χ4n) is 8.52. The molecule has 7 nitrogen and oxygen atoms in total. The van der Waals surface area contributed by atoms with Gasteiger partial charge in [0, 0.05) is 74.2 Å². The lowest BCUT2D eigenvalue weighted by atomic mass is 9.70. The first-order chi connectivity index (χ1) is 27.9. The van der Waals surface area contributed by atoms with Crippen molar-refractivity contribution in [2.24, 2.45) is 0 Å². The van der Waals surface area contributed by atoms with E-state index in [1.165, 1.54) is 31.2 Å². The summed E-state index contributed by atoms with van der Waals surface area (Å²) in [5.41, 5.74) is 3.93. The van der Waals surface area contributed by atoms with E-state index in [2.05, 4.69) is 5.32 Å². The molecule has 5 aromatic rings. The van der Waals surface area contributed by atoms with Crippen LogP contribution in [0.1, 0.15) is 75.1 Å². The highest BCUT2D eigenvalue weighted by Gasteiger charge is 2.42. The number of amides is 3. The molecular formula is C48H50F3N3O4. The van der Waals surface area contributed by atoms with Crippen LogP contribution in [0.15, 0.2) is 127 Å². The second kappa shape index (κ2) is 18.7. The number of halogens is 3. The van der Waals surface area contributed by atoms with Gasteiger partial charge in [-0.1, -0.05) is 84.9 Å². The van der Waals surface area contributed by atoms with E-state index < -0.39 is 17.0 Å². The van der Waals surface area contributed by atoms with Crippen LogP contribution >= 0.6 is 0 Å². The van der Waals surface area contributed by atoms with Crippen molar-refractivity contribution in [2.45, 2.75) is 69.2 Å². The Morgan fingerprint density at radius 1 is 0.724 bits per heavy atom. The fourth-order valence-corrected chi connectivity index (χ4v) is 8.52. The minimum Gasteiger partial charge on any atom is -0.396 e. The van der Waals surface area contributed by atoms with Crippen LogP contribution in [0.5, 0.6) is 0 Å². The number of piperidine rings is 2. The zero-order valence-corrected chi connectivity index (χ0v) is 33.0. The summed E-state index contributed by atoms with van der Waals surface area (Å²) in [4.78, 5) is 41.3. The first kappa shape index (κ1) is 41.9. The predicted molar refractivity (Wildman–Crippen MR) is 220 cm³/mol. The van der Waals surface area contributed by atoms with Crippen LogP contribution in [0.25, 0.3) is 11.1 Å². The third-order valence-electron chi connectivity index (χ3n) is 11.8. The Hall–Kier alpha value is -5.74. The van der Waals surface area contributed by atoms with E-state index in [0.717, 1.165) is 35.6 Å². The largest absolute Gasteiger partial charge is 0.396 e. The van der Waals surface area contributed by atoms with E-state index in [-0.39, 0.29) is 47.2 Å². The molecule has 2 fully saturated rings. The van der Waals surface area contributed by atoms with Gasteiger partial charge >= 0.3 is 0 Å². The number of aliphatic hydroxyl groups is 1. The Morgan fingerprint density at radius 2 is 1.34 bits per heavy atom. The van der Waals surface area contributed by atoms with Gasteiger partial charge in [0.2, 0.25) is 17.7 Å². The van der Waals surface area contributed by atoms with Crippen molar-refractivity contribution in [3.63, 3.8) is 0 Å². The Balaban J connectivity index is 0.000000203. The SMILES string of the molecule is CC(=O)NCCC1(c2ccccc2)CCN(c2cccc(-c3ccc(F)cc3F)c2)C(=O)C1.C[C@@H](c1ccccc1)N1CC[C@](CCO)(c2ccc(F)cc2)CC1=O. The molecule has 5 aromatic carbocycles. The van der Waals surface area contributed by atoms with Crippen LogP contribution in [0.4, 0.5) is 18.9 Å². The summed E-state index contributed by atoms with van der Waals surface area (Å²) >= 11 is 0. The lowest BCUT2D eigenvalue weighted by Gasteiger charge is -2.43. The molecule has 2 heterocycles. The molecule has 0 bridgehead atoms. The molecule has 0 radical (unpaired) electrons. The van der Waals surface area contributed by atoms with Crippen LogP contribution in [0.3, 0.4) is 0 Å². The number of nitrogens with zero attached hydrogens (tertiary/aromatic N) is 2. The molecule has 58 heavy (non-hydrogen) atoms. The molecule has 3 amide bonds. The summed E-state index contributed by atoms with van der Waals surface area (Å²) in [5, 5.41) is 12.4. The van der Waals surface area contributed by atoms with E-state index >= 15 is 0 Å². The maximum atomic E-state index is 14.3. The Kier molecular flexibility index (Phi) is 13.5. The molecule has 0 aliphatic carbocycles. The van der Waals surface area contributed by atoms with Gasteiger partial charge in [0.25, 0.3) is 0 Å². The summed E-state index contributed by atoms with van der Waals surface area (Å²) in [6.07, 6.45) is 3.33. The Morgan fingerprint density at radius 3 is 1.98 bits per heavy atom. The maximum Gasteiger partial charge on any atom is 0.227 e. The Bertz CT molecular complexity index is 2190. The van der Waals surface area contributed by atoms with E-state index in [1.807, 2.05) is 78.6 Å². The van der Waals surface area contributed by atoms with Gasteiger partial charge in [-0.2, -0.15) is 0 Å². The standard InChI is InChI=1S/C27H26F2N2O2.C21H24FNO2/c1-19(32)30-14-12-27(21-7-3-2-4-8-21)13-15-31(26(33)18-27)23-9-5-6-20(16-23)24-11-10-22(28)17-25(24)29;1-16(17-5-3-2-4-6-17)23-13-11-21(12-14-24,15-20(23)25)18-7-9-19(22)10-8-18/h2-11,16-17H,12-15,18H2,1H3,(H,30,32);2-10,16,24H,11-15H2,1H3/t;16-,21+/m.0/s1. The highest BCUT2D eigenvalue weighted by molar-refractivity contribution is 5.96. The van der Waals surface area contributed by atoms with Crippen molar-refractivity contribution in [1.82, 2.24) is 10.2 Å². The molecular weight excluding hydrogens is 740 g/mol. The molecule has 2 saturated heterocycles. The molecule has 10 heteroatoms. The van der Waals surface area contributed by atoms with Gasteiger partial charge in [-0.25, -0.2) is 13.2 Å². The average Bonchev–Trinajstić information content (AvgIpc) is 3.22. The first-order valence-electron chi connectivity index (χ1n) is 19.8. The minimum atomic E-state index is -0.641. The van der Waals surface area contributed by atoms with Crippen LogP contribution in [-0.2, 0) is 25.2 Å². The highest BCUT2D eigenvalue weighted by Crippen LogP contribution is 2.42. The molecule has 0 spiro atoms. The number of nitrogens with one attached hydrogen (secondary N) is 1. The molecule has 2 aliphatic heterocycles. The number of likely N-dealkylation sites (tertiary alicyclic amines) is 1. The topological polar surface area (TPSA) is 90.0 Å². The minimum absolute atomic E-state index is 0.0128. The van der Waals surface area contributed by atoms with E-state index in [0.29, 0.717) is 56.6 Å². The van der Waals surface area contributed by atoms with Crippen molar-refractivity contribution in [2.75, 3.05) is 31.1 Å². The molecule has 1 unspecified atom stereocenters. The third-order valence-corrected chi connectivity index (χ3v) is 11.8. The number of anilines is 1. The fraction of sp³-hybridized carbons (Fsp3) is 0.312. The summed E-state index contributed by atoms with van der Waals surface area (Å²) in [5.74, 6) is -1.59. The van der Waals surface area contributed by atoms with Crippen LogP contribution < -0.4 is 10.2 Å². The predicted octanol–water partition coefficient (Wildman–Crippen LogP) is 9.05. The third kappa shape index (κ3) is 9.68. The van der Waals surface area contributed by atoms with Crippen LogP contribution in [0.2, 0.25) is 0 Å². The lowest BCUT2D eigenvalue weighted by Crippen LogP contribution is -2.47. The van der Waals surface area contributed by atoms with Gasteiger partial charge in [-0.3, -0.25) is 14.4 Å². The average molecular weight is 790 g/mol. The van der Waals surface area contributed by atoms with E-state index in [4.69, 9.17) is 0 Å². The summed E-state index contributed by atoms with van der Waals surface area (Å²) < 4.78 is 40.9. The normalized spacial score (nSPS) is 19.9. The zero-order chi connectivity index (χ0) is 41.3. The number of rotatable bonds is 11. The number of benzene rings is 5. The second-order valence-corrected chi connectivity index (χ2v) is 15.4. The second-order valence-electron chi connectivity index (χ2n) is 15.4. The molecule has 7 rings (SSSR count). The number of carbonyl (C=O) groups excluding carboxylic acids is 3. The molecule has 302 valence electrons. The number of carbonyl (C=O) groups is 3. The van der Waals surface area contributed by atoms with Crippen molar-refractivity contribution >= 4 is 23.4 Å². The zero-order valence-electron chi connectivity index (χ0n) is 33.0. The van der Waals surface area contributed by atoms with E-state index in [9.17, 15) is 32.7 Å². The summed E-state index contributed by atoms with van der Waals surface area (Å²) in [6.45, 7) is 5.18. The maximum absolute atomic E-state index is 14.3. The van der Waals surface area contributed by atoms with Gasteiger partial charge in [0.1, 0.15) is 17.5 Å². The smallest absolute Gasteiger partial charge is 0.227 e. The van der Waals surface area contributed by atoms with Gasteiger partial charge in [0.15, 0.2) is 0 Å². The quantitative estimate of drug-likeness (QED) is 0.140. The highest BCUT2D eigenvalue weighted by atomic mass is 19.1. The summed E-state index contributed by atoms with van der Waals surface area (Å²) in [7, 11) is 0. The van der Waals surface area contributed by atoms with Gasteiger partial charge in [-0.05, 0) is 91.3 Å². The number of hydrogen-bond acceptors (Lipinski definition) is 4. The van der Waals surface area contributed by atoms with Crippen molar-refractivity contribution in [3.05, 3.63) is 162 Å². The molecule has 0 aromatic heterocycles. The van der Waals surface area contributed by atoms with Crippen molar-refractivity contribution in [1.29, 1.82) is 0 Å². The van der Waals surface area contributed by atoms with Crippen molar-refractivity contribution < 1.29 is 32.7 Å². The molecule has 2 N–H and O–H groups in total.